The van der Waals surface area contributed by atoms with Crippen LogP contribution in [0.2, 0.25) is 0 Å². The molecule has 5 heteroatoms. The molecule has 116 valence electrons. The van der Waals surface area contributed by atoms with E-state index >= 15 is 0 Å². The van der Waals surface area contributed by atoms with E-state index in [1.165, 1.54) is 4.90 Å². The molecule has 5 nitrogen and oxygen atoms in total. The Balaban J connectivity index is 1.72. The molecule has 1 aromatic rings. The average molecular weight is 293 g/mol. The van der Waals surface area contributed by atoms with Crippen LogP contribution in [0.4, 0.5) is 0 Å². The molecule has 0 unspecified atom stereocenters. The molecule has 2 rings (SSSR count). The number of hydrogen-bond acceptors (Lipinski definition) is 3. The number of nitrogens with one attached hydrogen (secondary N) is 2. The first kappa shape index (κ1) is 15.8. The van der Waals surface area contributed by atoms with Crippen molar-refractivity contribution >= 4 is 5.91 Å². The van der Waals surface area contributed by atoms with Gasteiger partial charge in [0.1, 0.15) is 18.8 Å². The van der Waals surface area contributed by atoms with Crippen LogP contribution in [0.3, 0.4) is 0 Å². The first-order valence-corrected chi connectivity index (χ1v) is 7.72. The van der Waals surface area contributed by atoms with Crippen LogP contribution in [0.25, 0.3) is 0 Å². The van der Waals surface area contributed by atoms with Crippen LogP contribution in [-0.4, -0.2) is 51.9 Å². The summed E-state index contributed by atoms with van der Waals surface area (Å²) in [4.78, 5) is 13.5. The zero-order valence-corrected chi connectivity index (χ0v) is 12.7. The fraction of sp³-hybridized carbons (Fsp3) is 0.562. The molecule has 21 heavy (non-hydrogen) atoms. The quantitative estimate of drug-likeness (QED) is 0.751. The van der Waals surface area contributed by atoms with Gasteiger partial charge in [-0.2, -0.15) is 0 Å². The third-order valence-corrected chi connectivity index (χ3v) is 3.55. The lowest BCUT2D eigenvalue weighted by Gasteiger charge is -2.23. The van der Waals surface area contributed by atoms with E-state index in [0.29, 0.717) is 18.7 Å². The Morgan fingerprint density at radius 1 is 1.29 bits per heavy atom. The molecule has 1 aliphatic heterocycles. The summed E-state index contributed by atoms with van der Waals surface area (Å²) in [5.74, 6) is 0.788. The first-order chi connectivity index (χ1) is 10.3. The standard InChI is InChI=1S/C16H24N2O3/c1-2-11-21-15-5-3-14(4-6-15)16(19)17-7-8-18-9-12-20-13-10-18/h3-6H,2,7-13H2,1H3,(H,17,19)/p+1. The molecule has 0 aromatic heterocycles. The molecule has 1 amide bonds. The van der Waals surface area contributed by atoms with E-state index in [-0.39, 0.29) is 5.91 Å². The number of hydrogen-bond donors (Lipinski definition) is 2. The second-order valence-electron chi connectivity index (χ2n) is 5.24. The highest BCUT2D eigenvalue weighted by Crippen LogP contribution is 2.12. The minimum atomic E-state index is -0.0234. The SMILES string of the molecule is CCCOc1ccc(C(=O)NCC[NH+]2CCOCC2)cc1. The van der Waals surface area contributed by atoms with Crippen molar-refractivity contribution in [2.24, 2.45) is 0 Å². The second-order valence-corrected chi connectivity index (χ2v) is 5.24. The Kier molecular flexibility index (Phi) is 6.50. The summed E-state index contributed by atoms with van der Waals surface area (Å²) in [5.41, 5.74) is 0.677. The van der Waals surface area contributed by atoms with Gasteiger partial charge in [-0.3, -0.25) is 4.79 Å². The van der Waals surface area contributed by atoms with Crippen molar-refractivity contribution < 1.29 is 19.2 Å². The zero-order chi connectivity index (χ0) is 14.9. The smallest absolute Gasteiger partial charge is 0.251 e. The fourth-order valence-corrected chi connectivity index (χ4v) is 2.29. The molecule has 1 aromatic carbocycles. The summed E-state index contributed by atoms with van der Waals surface area (Å²) in [6, 6.07) is 7.30. The summed E-state index contributed by atoms with van der Waals surface area (Å²) in [5, 5.41) is 2.97. The highest BCUT2D eigenvalue weighted by Gasteiger charge is 2.13. The third-order valence-electron chi connectivity index (χ3n) is 3.55. The van der Waals surface area contributed by atoms with Crippen LogP contribution >= 0.6 is 0 Å². The topological polar surface area (TPSA) is 52.0 Å². The number of carbonyl (C=O) groups excluding carboxylic acids is 1. The number of carbonyl (C=O) groups is 1. The maximum atomic E-state index is 12.0. The maximum absolute atomic E-state index is 12.0. The summed E-state index contributed by atoms with van der Waals surface area (Å²) < 4.78 is 10.8. The third kappa shape index (κ3) is 5.36. The van der Waals surface area contributed by atoms with Crippen LogP contribution < -0.4 is 15.0 Å². The van der Waals surface area contributed by atoms with Gasteiger partial charge in [0.05, 0.1) is 32.9 Å². The molecule has 1 heterocycles. The molecule has 1 saturated heterocycles. The van der Waals surface area contributed by atoms with Crippen LogP contribution in [0, 0.1) is 0 Å². The molecule has 0 saturated carbocycles. The summed E-state index contributed by atoms with van der Waals surface area (Å²) in [7, 11) is 0. The van der Waals surface area contributed by atoms with Crippen LogP contribution in [0.1, 0.15) is 23.7 Å². The number of benzene rings is 1. The van der Waals surface area contributed by atoms with E-state index in [4.69, 9.17) is 9.47 Å². The van der Waals surface area contributed by atoms with Crippen LogP contribution in [0.15, 0.2) is 24.3 Å². The van der Waals surface area contributed by atoms with Crippen molar-refractivity contribution in [2.45, 2.75) is 13.3 Å². The van der Waals surface area contributed by atoms with Crippen molar-refractivity contribution in [3.63, 3.8) is 0 Å². The summed E-state index contributed by atoms with van der Waals surface area (Å²) in [6.07, 6.45) is 0.978. The van der Waals surface area contributed by atoms with E-state index in [0.717, 1.165) is 45.0 Å². The Hall–Kier alpha value is -1.59. The van der Waals surface area contributed by atoms with Crippen LogP contribution in [-0.2, 0) is 4.74 Å². The van der Waals surface area contributed by atoms with Gasteiger partial charge in [-0.15, -0.1) is 0 Å². The van der Waals surface area contributed by atoms with Crippen molar-refractivity contribution in [1.82, 2.24) is 5.32 Å². The largest absolute Gasteiger partial charge is 0.494 e. The number of morpholine rings is 1. The van der Waals surface area contributed by atoms with E-state index in [2.05, 4.69) is 12.2 Å². The second kappa shape index (κ2) is 8.64. The van der Waals surface area contributed by atoms with Gasteiger partial charge < -0.3 is 19.7 Å². The lowest BCUT2D eigenvalue weighted by molar-refractivity contribution is -0.906. The minimum Gasteiger partial charge on any atom is -0.494 e. The fourth-order valence-electron chi connectivity index (χ4n) is 2.29. The van der Waals surface area contributed by atoms with E-state index in [1.54, 1.807) is 0 Å². The lowest BCUT2D eigenvalue weighted by Crippen LogP contribution is -3.14. The van der Waals surface area contributed by atoms with Crippen LogP contribution in [0.5, 0.6) is 5.75 Å². The number of rotatable bonds is 7. The Morgan fingerprint density at radius 2 is 2.00 bits per heavy atom. The Morgan fingerprint density at radius 3 is 2.67 bits per heavy atom. The Bertz CT molecular complexity index is 428. The van der Waals surface area contributed by atoms with Crippen molar-refractivity contribution in [3.8, 4) is 5.75 Å². The van der Waals surface area contributed by atoms with Gasteiger partial charge in [0, 0.05) is 5.56 Å². The predicted octanol–water partition coefficient (Wildman–Crippen LogP) is 0.120. The molecular formula is C16H25N2O3+. The van der Waals surface area contributed by atoms with Gasteiger partial charge in [0.15, 0.2) is 0 Å². The minimum absolute atomic E-state index is 0.0234. The first-order valence-electron chi connectivity index (χ1n) is 7.72. The van der Waals surface area contributed by atoms with E-state index < -0.39 is 0 Å². The van der Waals surface area contributed by atoms with Crippen molar-refractivity contribution in [3.05, 3.63) is 29.8 Å². The molecule has 0 aliphatic carbocycles. The molecule has 1 aliphatic rings. The molecule has 0 bridgehead atoms. The average Bonchev–Trinajstić information content (AvgIpc) is 2.54. The van der Waals surface area contributed by atoms with Crippen molar-refractivity contribution in [1.29, 1.82) is 0 Å². The van der Waals surface area contributed by atoms with Gasteiger partial charge in [-0.1, -0.05) is 6.92 Å². The molecule has 2 N–H and O–H groups in total. The van der Waals surface area contributed by atoms with E-state index in [9.17, 15) is 4.79 Å². The monoisotopic (exact) mass is 293 g/mol. The molecule has 0 atom stereocenters. The molecule has 0 spiro atoms. The van der Waals surface area contributed by atoms with E-state index in [1.807, 2.05) is 24.3 Å². The molecule has 0 radical (unpaired) electrons. The highest BCUT2D eigenvalue weighted by atomic mass is 16.5. The summed E-state index contributed by atoms with van der Waals surface area (Å²) >= 11 is 0. The van der Waals surface area contributed by atoms with Gasteiger partial charge in [-0.25, -0.2) is 0 Å². The molecular weight excluding hydrogens is 268 g/mol. The predicted molar refractivity (Wildman–Crippen MR) is 80.9 cm³/mol. The van der Waals surface area contributed by atoms with Crippen molar-refractivity contribution in [2.75, 3.05) is 46.0 Å². The van der Waals surface area contributed by atoms with Gasteiger partial charge in [-0.05, 0) is 30.7 Å². The Labute approximate surface area is 126 Å². The van der Waals surface area contributed by atoms with Gasteiger partial charge in [0.2, 0.25) is 0 Å². The summed E-state index contributed by atoms with van der Waals surface area (Å²) in [6.45, 7) is 8.12. The normalized spacial score (nSPS) is 15.7. The highest BCUT2D eigenvalue weighted by molar-refractivity contribution is 5.94. The maximum Gasteiger partial charge on any atom is 0.251 e. The lowest BCUT2D eigenvalue weighted by atomic mass is 10.2. The molecule has 1 fully saturated rings. The zero-order valence-electron chi connectivity index (χ0n) is 12.7. The number of quaternary nitrogens is 1. The van der Waals surface area contributed by atoms with Gasteiger partial charge in [0.25, 0.3) is 5.91 Å². The number of ether oxygens (including phenoxy) is 2. The number of amides is 1. The van der Waals surface area contributed by atoms with Gasteiger partial charge >= 0.3 is 0 Å².